The van der Waals surface area contributed by atoms with Crippen LogP contribution in [0.1, 0.15) is 113 Å². The summed E-state index contributed by atoms with van der Waals surface area (Å²) >= 11 is 0. The van der Waals surface area contributed by atoms with Gasteiger partial charge in [0, 0.05) is 29.1 Å². The molecule has 296 valence electrons. The van der Waals surface area contributed by atoms with E-state index in [1.807, 2.05) is 6.07 Å². The highest BCUT2D eigenvalue weighted by Gasteiger charge is 2.22. The zero-order valence-corrected chi connectivity index (χ0v) is 35.2. The van der Waals surface area contributed by atoms with Crippen LogP contribution in [0.25, 0.3) is 0 Å². The van der Waals surface area contributed by atoms with Crippen molar-refractivity contribution in [3.8, 4) is 23.0 Å². The lowest BCUT2D eigenvalue weighted by Gasteiger charge is -2.25. The molecule has 6 aromatic carbocycles. The van der Waals surface area contributed by atoms with Crippen LogP contribution in [0.2, 0.25) is 0 Å². The summed E-state index contributed by atoms with van der Waals surface area (Å²) in [5.41, 5.74) is 14.6. The quantitative estimate of drug-likeness (QED) is 0.100. The number of hydrogen-bond acceptors (Lipinski definition) is 5. The molecule has 0 aliphatic heterocycles. The molecule has 0 radical (unpaired) electrons. The molecule has 57 heavy (non-hydrogen) atoms. The van der Waals surface area contributed by atoms with Crippen molar-refractivity contribution in [1.29, 1.82) is 0 Å². The van der Waals surface area contributed by atoms with Gasteiger partial charge in [0.05, 0.1) is 28.4 Å². The molecule has 3 unspecified atom stereocenters. The van der Waals surface area contributed by atoms with Crippen molar-refractivity contribution < 1.29 is 18.9 Å². The Morgan fingerprint density at radius 3 is 1.37 bits per heavy atom. The Hall–Kier alpha value is -5.68. The van der Waals surface area contributed by atoms with Gasteiger partial charge in [-0.05, 0) is 138 Å². The third kappa shape index (κ3) is 9.31. The Labute approximate surface area is 341 Å². The number of hydrogen-bond donors (Lipinski definition) is 1. The maximum Gasteiger partial charge on any atom is 0.161 e. The predicted molar refractivity (Wildman–Crippen MR) is 237 cm³/mol. The number of nitrogens with one attached hydrogen (secondary N) is 1. The number of anilines is 2. The second-order valence-corrected chi connectivity index (χ2v) is 15.0. The van der Waals surface area contributed by atoms with E-state index in [2.05, 4.69) is 155 Å². The molecular formula is C52H59NO4. The summed E-state index contributed by atoms with van der Waals surface area (Å²) in [6.07, 6.45) is 3.78. The number of aryl methyl sites for hydroxylation is 2. The molecule has 0 saturated heterocycles. The van der Waals surface area contributed by atoms with E-state index in [-0.39, 0.29) is 11.8 Å². The highest BCUT2D eigenvalue weighted by atomic mass is 16.5. The van der Waals surface area contributed by atoms with Crippen LogP contribution in [0.3, 0.4) is 0 Å². The van der Waals surface area contributed by atoms with Gasteiger partial charge < -0.3 is 24.3 Å². The fourth-order valence-corrected chi connectivity index (χ4v) is 8.30. The normalized spacial score (nSPS) is 12.7. The first kappa shape index (κ1) is 41.0. The summed E-state index contributed by atoms with van der Waals surface area (Å²) in [5, 5.41) is 3.82. The Balaban J connectivity index is 1.26. The van der Waals surface area contributed by atoms with Gasteiger partial charge in [-0.3, -0.25) is 0 Å². The van der Waals surface area contributed by atoms with Crippen molar-refractivity contribution in [3.05, 3.63) is 177 Å². The van der Waals surface area contributed by atoms with Crippen LogP contribution in [0, 0.1) is 13.8 Å². The lowest BCUT2D eigenvalue weighted by molar-refractivity contribution is 0.354. The average Bonchev–Trinajstić information content (AvgIpc) is 3.24. The Morgan fingerprint density at radius 2 is 0.842 bits per heavy atom. The van der Waals surface area contributed by atoms with Crippen LogP contribution in [0.4, 0.5) is 11.4 Å². The van der Waals surface area contributed by atoms with Gasteiger partial charge in [0.2, 0.25) is 0 Å². The summed E-state index contributed by atoms with van der Waals surface area (Å²) in [6, 6.07) is 44.4. The van der Waals surface area contributed by atoms with Crippen molar-refractivity contribution in [2.24, 2.45) is 0 Å². The van der Waals surface area contributed by atoms with E-state index >= 15 is 0 Å². The van der Waals surface area contributed by atoms with Crippen LogP contribution in [0.5, 0.6) is 23.0 Å². The molecule has 0 aromatic heterocycles. The van der Waals surface area contributed by atoms with Crippen LogP contribution >= 0.6 is 0 Å². The first-order valence-corrected chi connectivity index (χ1v) is 20.3. The molecule has 0 bridgehead atoms. The maximum absolute atomic E-state index is 5.78. The van der Waals surface area contributed by atoms with Gasteiger partial charge in [0.25, 0.3) is 0 Å². The SMILES string of the molecule is CCC(c1ccc(Cc2ccc(Nc3ccc(C(CC)c4ccc(OC)c(OC)c4)cc3C(CC)c3ccc(C)c(OC)c3)cc2)cc1)c1ccc(C)c(OC)c1. The van der Waals surface area contributed by atoms with Gasteiger partial charge in [-0.1, -0.05) is 99.6 Å². The van der Waals surface area contributed by atoms with Gasteiger partial charge >= 0.3 is 0 Å². The van der Waals surface area contributed by atoms with Crippen LogP contribution in [-0.2, 0) is 6.42 Å². The van der Waals surface area contributed by atoms with E-state index in [1.54, 1.807) is 28.4 Å². The van der Waals surface area contributed by atoms with Gasteiger partial charge in [0.15, 0.2) is 11.5 Å². The van der Waals surface area contributed by atoms with E-state index in [0.29, 0.717) is 5.92 Å². The average molecular weight is 762 g/mol. The molecule has 0 amide bonds. The smallest absolute Gasteiger partial charge is 0.161 e. The minimum absolute atomic E-state index is 0.160. The zero-order valence-electron chi connectivity index (χ0n) is 35.2. The summed E-state index contributed by atoms with van der Waals surface area (Å²) in [7, 11) is 6.87. The van der Waals surface area contributed by atoms with Crippen molar-refractivity contribution in [2.75, 3.05) is 33.8 Å². The van der Waals surface area contributed by atoms with E-state index in [9.17, 15) is 0 Å². The maximum atomic E-state index is 5.78. The molecule has 6 rings (SSSR count). The summed E-state index contributed by atoms with van der Waals surface area (Å²) in [4.78, 5) is 0. The second kappa shape index (κ2) is 19.0. The first-order valence-electron chi connectivity index (χ1n) is 20.3. The Kier molecular flexibility index (Phi) is 13.6. The molecule has 0 saturated carbocycles. The molecular weight excluding hydrogens is 703 g/mol. The molecule has 3 atom stereocenters. The monoisotopic (exact) mass is 761 g/mol. The van der Waals surface area contributed by atoms with Gasteiger partial charge in [-0.2, -0.15) is 0 Å². The highest BCUT2D eigenvalue weighted by molar-refractivity contribution is 5.67. The molecule has 0 aliphatic carbocycles. The van der Waals surface area contributed by atoms with E-state index in [1.165, 1.54) is 44.5 Å². The lowest BCUT2D eigenvalue weighted by Crippen LogP contribution is -2.08. The van der Waals surface area contributed by atoms with Crippen molar-refractivity contribution in [3.63, 3.8) is 0 Å². The van der Waals surface area contributed by atoms with Crippen molar-refractivity contribution in [2.45, 2.75) is 78.1 Å². The van der Waals surface area contributed by atoms with Crippen LogP contribution in [-0.4, -0.2) is 28.4 Å². The minimum atomic E-state index is 0.160. The molecule has 6 aromatic rings. The Morgan fingerprint density at radius 1 is 0.421 bits per heavy atom. The largest absolute Gasteiger partial charge is 0.496 e. The third-order valence-corrected chi connectivity index (χ3v) is 11.6. The first-order chi connectivity index (χ1) is 27.7. The molecule has 5 nitrogen and oxygen atoms in total. The minimum Gasteiger partial charge on any atom is -0.496 e. The standard InChI is InChI=1S/C52H59NO4/c1-10-44(40-19-13-34(4)50(31-40)55-7)38-21-15-36(16-22-38)29-37-17-25-43(26-18-37)53-48-27-23-39(45(11-2)41-24-28-49(54-6)52(33-41)57-9)30-47(48)46(12-3)42-20-14-35(5)51(32-42)56-8/h13-28,30-33,44-46,53H,10-12,29H2,1-9H3. The van der Waals surface area contributed by atoms with Gasteiger partial charge in [-0.25, -0.2) is 0 Å². The summed E-state index contributed by atoms with van der Waals surface area (Å²) < 4.78 is 22.7. The zero-order chi connectivity index (χ0) is 40.5. The molecule has 1 N–H and O–H groups in total. The van der Waals surface area contributed by atoms with Crippen LogP contribution < -0.4 is 24.3 Å². The van der Waals surface area contributed by atoms with Crippen LogP contribution in [0.15, 0.2) is 121 Å². The predicted octanol–water partition coefficient (Wildman–Crippen LogP) is 13.3. The summed E-state index contributed by atoms with van der Waals surface area (Å²) in [6.45, 7) is 10.9. The topological polar surface area (TPSA) is 49.0 Å². The van der Waals surface area contributed by atoms with Gasteiger partial charge in [0.1, 0.15) is 11.5 Å². The molecule has 0 fully saturated rings. The Bertz CT molecular complexity index is 2240. The van der Waals surface area contributed by atoms with E-state index in [0.717, 1.165) is 71.2 Å². The van der Waals surface area contributed by atoms with E-state index < -0.39 is 0 Å². The highest BCUT2D eigenvalue weighted by Crippen LogP contribution is 2.41. The molecule has 0 aliphatic rings. The second-order valence-electron chi connectivity index (χ2n) is 15.0. The van der Waals surface area contributed by atoms with Crippen molar-refractivity contribution in [1.82, 2.24) is 0 Å². The summed E-state index contributed by atoms with van der Waals surface area (Å²) in [5.74, 6) is 4.02. The number of ether oxygens (including phenoxy) is 4. The lowest BCUT2D eigenvalue weighted by atomic mass is 9.82. The van der Waals surface area contributed by atoms with Crippen molar-refractivity contribution >= 4 is 11.4 Å². The molecule has 0 heterocycles. The number of methoxy groups -OCH3 is 4. The molecule has 5 heteroatoms. The fourth-order valence-electron chi connectivity index (χ4n) is 8.30. The number of rotatable bonds is 17. The third-order valence-electron chi connectivity index (χ3n) is 11.6. The fraction of sp³-hybridized carbons (Fsp3) is 0.308. The molecule has 0 spiro atoms. The number of benzene rings is 6. The van der Waals surface area contributed by atoms with E-state index in [4.69, 9.17) is 18.9 Å². The van der Waals surface area contributed by atoms with Gasteiger partial charge in [-0.15, -0.1) is 0 Å².